The first-order valence-corrected chi connectivity index (χ1v) is 8.88. The van der Waals surface area contributed by atoms with Gasteiger partial charge in [0.1, 0.15) is 0 Å². The number of methoxy groups -OCH3 is 2. The number of nitrogens with one attached hydrogen (secondary N) is 1. The van der Waals surface area contributed by atoms with Crippen LogP contribution in [0.5, 0.6) is 11.5 Å². The molecule has 0 radical (unpaired) electrons. The summed E-state index contributed by atoms with van der Waals surface area (Å²) >= 11 is 0. The summed E-state index contributed by atoms with van der Waals surface area (Å²) in [5.74, 6) is 0.993. The van der Waals surface area contributed by atoms with E-state index in [1.807, 2.05) is 6.07 Å². The predicted octanol–water partition coefficient (Wildman–Crippen LogP) is 1.58. The van der Waals surface area contributed by atoms with Gasteiger partial charge in [-0.1, -0.05) is 6.07 Å². The van der Waals surface area contributed by atoms with Gasteiger partial charge in [0.15, 0.2) is 11.5 Å². The first kappa shape index (κ1) is 18.7. The van der Waals surface area contributed by atoms with Crippen molar-refractivity contribution < 1.29 is 14.3 Å². The number of fused-ring (bicyclic) bond motifs is 1. The zero-order chi connectivity index (χ0) is 19.2. The highest BCUT2D eigenvalue weighted by molar-refractivity contribution is 5.91. The maximum atomic E-state index is 12.0. The van der Waals surface area contributed by atoms with E-state index in [0.717, 1.165) is 36.1 Å². The van der Waals surface area contributed by atoms with E-state index in [1.165, 1.54) is 10.8 Å². The van der Waals surface area contributed by atoms with Crippen molar-refractivity contribution in [2.24, 2.45) is 0 Å². The van der Waals surface area contributed by atoms with E-state index in [-0.39, 0.29) is 11.5 Å². The van der Waals surface area contributed by atoms with Crippen LogP contribution in [0, 0.1) is 0 Å². The van der Waals surface area contributed by atoms with Gasteiger partial charge in [-0.2, -0.15) is 5.10 Å². The first-order valence-electron chi connectivity index (χ1n) is 8.88. The third-order valence-corrected chi connectivity index (χ3v) is 4.48. The van der Waals surface area contributed by atoms with Crippen molar-refractivity contribution in [2.45, 2.75) is 25.8 Å². The van der Waals surface area contributed by atoms with Gasteiger partial charge in [-0.05, 0) is 48.6 Å². The molecule has 0 fully saturated rings. The van der Waals surface area contributed by atoms with Crippen LogP contribution in [0.2, 0.25) is 0 Å². The number of hydrogen-bond acceptors (Lipinski definition) is 5. The van der Waals surface area contributed by atoms with Gasteiger partial charge in [0.05, 0.1) is 26.5 Å². The number of aromatic nitrogens is 2. The van der Waals surface area contributed by atoms with Crippen LogP contribution >= 0.6 is 0 Å². The number of amides is 1. The SMILES string of the molecule is COc1ccc(/C=C/C(=O)NCCn2nc3c(cc2=O)CCC3)cc1OC. The summed E-state index contributed by atoms with van der Waals surface area (Å²) in [5, 5.41) is 7.15. The molecule has 2 aromatic rings. The second-order valence-electron chi connectivity index (χ2n) is 6.27. The molecule has 27 heavy (non-hydrogen) atoms. The summed E-state index contributed by atoms with van der Waals surface area (Å²) in [5.41, 5.74) is 2.75. The Labute approximate surface area is 157 Å². The molecule has 0 atom stereocenters. The number of nitrogens with zero attached hydrogens (tertiary/aromatic N) is 2. The van der Waals surface area contributed by atoms with Gasteiger partial charge in [0.25, 0.3) is 5.56 Å². The molecule has 0 aliphatic heterocycles. The lowest BCUT2D eigenvalue weighted by atomic mass is 10.2. The minimum Gasteiger partial charge on any atom is -0.493 e. The molecule has 0 saturated heterocycles. The number of aryl methyl sites for hydroxylation is 2. The molecule has 1 aliphatic carbocycles. The molecule has 1 aromatic heterocycles. The molecule has 1 N–H and O–H groups in total. The summed E-state index contributed by atoms with van der Waals surface area (Å²) in [6.45, 7) is 0.683. The van der Waals surface area contributed by atoms with Crippen LogP contribution in [-0.4, -0.2) is 36.5 Å². The lowest BCUT2D eigenvalue weighted by molar-refractivity contribution is -0.116. The maximum Gasteiger partial charge on any atom is 0.267 e. The van der Waals surface area contributed by atoms with Crippen molar-refractivity contribution in [3.05, 3.63) is 57.5 Å². The van der Waals surface area contributed by atoms with Crippen molar-refractivity contribution in [3.8, 4) is 11.5 Å². The van der Waals surface area contributed by atoms with E-state index in [1.54, 1.807) is 38.5 Å². The molecule has 1 amide bonds. The monoisotopic (exact) mass is 369 g/mol. The number of rotatable bonds is 7. The summed E-state index contributed by atoms with van der Waals surface area (Å²) in [4.78, 5) is 24.0. The van der Waals surface area contributed by atoms with Crippen LogP contribution in [0.25, 0.3) is 6.08 Å². The second kappa shape index (κ2) is 8.53. The van der Waals surface area contributed by atoms with Gasteiger partial charge in [0.2, 0.25) is 5.91 Å². The zero-order valence-corrected chi connectivity index (χ0v) is 15.5. The Morgan fingerprint density at radius 3 is 2.81 bits per heavy atom. The number of carbonyl (C=O) groups excluding carboxylic acids is 1. The summed E-state index contributed by atoms with van der Waals surface area (Å²) in [6.07, 6.45) is 6.02. The fraction of sp³-hybridized carbons (Fsp3) is 0.350. The van der Waals surface area contributed by atoms with E-state index in [2.05, 4.69) is 10.4 Å². The Morgan fingerprint density at radius 1 is 1.22 bits per heavy atom. The van der Waals surface area contributed by atoms with E-state index in [9.17, 15) is 9.59 Å². The molecule has 3 rings (SSSR count). The number of carbonyl (C=O) groups is 1. The second-order valence-corrected chi connectivity index (χ2v) is 6.27. The van der Waals surface area contributed by atoms with Crippen molar-refractivity contribution >= 4 is 12.0 Å². The standard InChI is InChI=1S/C20H23N3O4/c1-26-17-8-6-14(12-18(17)27-2)7-9-19(24)21-10-11-23-20(25)13-15-4-3-5-16(15)22-23/h6-9,12-13H,3-5,10-11H2,1-2H3,(H,21,24)/b9-7+. The Bertz CT molecular complexity index is 918. The van der Waals surface area contributed by atoms with E-state index < -0.39 is 0 Å². The minimum atomic E-state index is -0.237. The number of benzene rings is 1. The minimum absolute atomic E-state index is 0.120. The highest BCUT2D eigenvalue weighted by Gasteiger charge is 2.14. The first-order chi connectivity index (χ1) is 13.1. The van der Waals surface area contributed by atoms with Crippen molar-refractivity contribution in [1.82, 2.24) is 15.1 Å². The van der Waals surface area contributed by atoms with E-state index in [4.69, 9.17) is 9.47 Å². The molecule has 142 valence electrons. The van der Waals surface area contributed by atoms with Gasteiger partial charge in [-0.15, -0.1) is 0 Å². The molecule has 0 bridgehead atoms. The van der Waals surface area contributed by atoms with Crippen molar-refractivity contribution in [3.63, 3.8) is 0 Å². The fourth-order valence-corrected chi connectivity index (χ4v) is 3.07. The lowest BCUT2D eigenvalue weighted by Crippen LogP contribution is -2.31. The quantitative estimate of drug-likeness (QED) is 0.750. The van der Waals surface area contributed by atoms with Crippen LogP contribution in [0.1, 0.15) is 23.2 Å². The van der Waals surface area contributed by atoms with E-state index in [0.29, 0.717) is 24.6 Å². The molecule has 1 aromatic carbocycles. The highest BCUT2D eigenvalue weighted by Crippen LogP contribution is 2.27. The molecule has 0 saturated carbocycles. The zero-order valence-electron chi connectivity index (χ0n) is 15.5. The molecular weight excluding hydrogens is 346 g/mol. The number of ether oxygens (including phenoxy) is 2. The molecule has 0 spiro atoms. The molecule has 7 heteroatoms. The van der Waals surface area contributed by atoms with E-state index >= 15 is 0 Å². The normalized spacial score (nSPS) is 12.8. The van der Waals surface area contributed by atoms with Crippen LogP contribution in [0.4, 0.5) is 0 Å². The maximum absolute atomic E-state index is 12.0. The average molecular weight is 369 g/mol. The largest absolute Gasteiger partial charge is 0.493 e. The van der Waals surface area contributed by atoms with Gasteiger partial charge in [0, 0.05) is 18.7 Å². The van der Waals surface area contributed by atoms with Gasteiger partial charge in [-0.25, -0.2) is 4.68 Å². The third kappa shape index (κ3) is 4.55. The molecule has 7 nitrogen and oxygen atoms in total. The van der Waals surface area contributed by atoms with Gasteiger partial charge in [-0.3, -0.25) is 9.59 Å². The summed E-state index contributed by atoms with van der Waals surface area (Å²) in [7, 11) is 3.13. The third-order valence-electron chi connectivity index (χ3n) is 4.48. The predicted molar refractivity (Wildman–Crippen MR) is 102 cm³/mol. The summed E-state index contributed by atoms with van der Waals surface area (Å²) in [6, 6.07) is 7.06. The van der Waals surface area contributed by atoms with Crippen LogP contribution in [0.15, 0.2) is 35.1 Å². The Morgan fingerprint density at radius 2 is 2.04 bits per heavy atom. The average Bonchev–Trinajstić information content (AvgIpc) is 3.13. The Balaban J connectivity index is 1.54. The van der Waals surface area contributed by atoms with Crippen molar-refractivity contribution in [1.29, 1.82) is 0 Å². The molecule has 1 aliphatic rings. The Kier molecular flexibility index (Phi) is 5.90. The highest BCUT2D eigenvalue weighted by atomic mass is 16.5. The van der Waals surface area contributed by atoms with Crippen LogP contribution in [0.3, 0.4) is 0 Å². The fourth-order valence-electron chi connectivity index (χ4n) is 3.07. The smallest absolute Gasteiger partial charge is 0.267 e. The topological polar surface area (TPSA) is 82.5 Å². The van der Waals surface area contributed by atoms with Crippen molar-refractivity contribution in [2.75, 3.05) is 20.8 Å². The lowest BCUT2D eigenvalue weighted by Gasteiger charge is -2.08. The van der Waals surface area contributed by atoms with Crippen LogP contribution < -0.4 is 20.3 Å². The Hall–Kier alpha value is -3.09. The number of hydrogen-bond donors (Lipinski definition) is 1. The molecule has 0 unspecified atom stereocenters. The summed E-state index contributed by atoms with van der Waals surface area (Å²) < 4.78 is 11.8. The molecular formula is C20H23N3O4. The van der Waals surface area contributed by atoms with Crippen LogP contribution in [-0.2, 0) is 24.2 Å². The van der Waals surface area contributed by atoms with Gasteiger partial charge >= 0.3 is 0 Å². The van der Waals surface area contributed by atoms with Gasteiger partial charge < -0.3 is 14.8 Å². The molecule has 1 heterocycles.